The predicted octanol–water partition coefficient (Wildman–Crippen LogP) is 0.334. The first-order valence-electron chi connectivity index (χ1n) is 5.11. The lowest BCUT2D eigenvalue weighted by Gasteiger charge is -2.35. The largest absolute Gasteiger partial charge is 0.389 e. The SMILES string of the molecule is Cc1nc(N(C)C)sc1C(=O)N1CC(O)C1. The summed E-state index contributed by atoms with van der Waals surface area (Å²) in [5, 5.41) is 10.00. The van der Waals surface area contributed by atoms with Crippen LogP contribution < -0.4 is 4.90 Å². The maximum absolute atomic E-state index is 12.0. The maximum atomic E-state index is 12.0. The zero-order valence-corrected chi connectivity index (χ0v) is 10.4. The molecule has 2 heterocycles. The van der Waals surface area contributed by atoms with Crippen molar-refractivity contribution in [3.05, 3.63) is 10.6 Å². The molecule has 1 aliphatic rings. The van der Waals surface area contributed by atoms with Crippen LogP contribution in [0.3, 0.4) is 0 Å². The minimum absolute atomic E-state index is 0.0200. The number of carbonyl (C=O) groups excluding carboxylic acids is 1. The van der Waals surface area contributed by atoms with Gasteiger partial charge in [-0.05, 0) is 6.92 Å². The Morgan fingerprint density at radius 3 is 2.62 bits per heavy atom. The van der Waals surface area contributed by atoms with Gasteiger partial charge in [-0.2, -0.15) is 0 Å². The summed E-state index contributed by atoms with van der Waals surface area (Å²) < 4.78 is 0. The zero-order valence-electron chi connectivity index (χ0n) is 9.60. The number of amides is 1. The van der Waals surface area contributed by atoms with Gasteiger partial charge in [0.1, 0.15) is 4.88 Å². The number of aliphatic hydroxyl groups excluding tert-OH is 1. The average Bonchev–Trinajstić information content (AvgIpc) is 2.55. The minimum atomic E-state index is -0.356. The van der Waals surface area contributed by atoms with Crippen LogP contribution in [-0.2, 0) is 0 Å². The monoisotopic (exact) mass is 241 g/mol. The lowest BCUT2D eigenvalue weighted by Crippen LogP contribution is -2.53. The second kappa shape index (κ2) is 4.03. The van der Waals surface area contributed by atoms with E-state index < -0.39 is 0 Å². The Labute approximate surface area is 98.3 Å². The zero-order chi connectivity index (χ0) is 11.9. The molecule has 1 saturated heterocycles. The van der Waals surface area contributed by atoms with Crippen LogP contribution in [0.2, 0.25) is 0 Å². The number of aryl methyl sites for hydroxylation is 1. The molecular formula is C10H15N3O2S. The van der Waals surface area contributed by atoms with Crippen LogP contribution in [0.1, 0.15) is 15.4 Å². The van der Waals surface area contributed by atoms with E-state index in [2.05, 4.69) is 4.98 Å². The molecule has 0 radical (unpaired) electrons. The number of β-amino-alcohol motifs (C(OH)–C–C–N with tert-alkyl or cyclic N) is 1. The molecule has 16 heavy (non-hydrogen) atoms. The van der Waals surface area contributed by atoms with E-state index in [1.54, 1.807) is 4.90 Å². The molecule has 0 bridgehead atoms. The van der Waals surface area contributed by atoms with Crippen molar-refractivity contribution in [2.45, 2.75) is 13.0 Å². The average molecular weight is 241 g/mol. The van der Waals surface area contributed by atoms with Crippen molar-refractivity contribution in [2.75, 3.05) is 32.1 Å². The summed E-state index contributed by atoms with van der Waals surface area (Å²) in [6.45, 7) is 2.72. The van der Waals surface area contributed by atoms with Gasteiger partial charge < -0.3 is 14.9 Å². The Morgan fingerprint density at radius 2 is 2.19 bits per heavy atom. The van der Waals surface area contributed by atoms with Crippen LogP contribution in [0.5, 0.6) is 0 Å². The van der Waals surface area contributed by atoms with Gasteiger partial charge in [-0.1, -0.05) is 11.3 Å². The van der Waals surface area contributed by atoms with Gasteiger partial charge in [-0.15, -0.1) is 0 Å². The number of thiazole rings is 1. The van der Waals surface area contributed by atoms with Crippen LogP contribution >= 0.6 is 11.3 Å². The molecule has 0 atom stereocenters. The van der Waals surface area contributed by atoms with Crippen LogP contribution in [-0.4, -0.2) is 54.2 Å². The van der Waals surface area contributed by atoms with E-state index in [4.69, 9.17) is 5.11 Å². The molecule has 0 aromatic carbocycles. The van der Waals surface area contributed by atoms with Gasteiger partial charge in [0, 0.05) is 27.2 Å². The van der Waals surface area contributed by atoms with Crippen LogP contribution in [0.4, 0.5) is 5.13 Å². The number of likely N-dealkylation sites (tertiary alicyclic amines) is 1. The fourth-order valence-electron chi connectivity index (χ4n) is 1.54. The third kappa shape index (κ3) is 1.90. The first kappa shape index (κ1) is 11.3. The Kier molecular flexibility index (Phi) is 2.86. The quantitative estimate of drug-likeness (QED) is 0.811. The van der Waals surface area contributed by atoms with Gasteiger partial charge in [0.15, 0.2) is 5.13 Å². The van der Waals surface area contributed by atoms with Crippen molar-refractivity contribution in [2.24, 2.45) is 0 Å². The molecule has 1 fully saturated rings. The number of hydrogen-bond acceptors (Lipinski definition) is 5. The molecule has 0 unspecified atom stereocenters. The van der Waals surface area contributed by atoms with Gasteiger partial charge in [0.25, 0.3) is 5.91 Å². The van der Waals surface area contributed by atoms with E-state index in [1.165, 1.54) is 11.3 Å². The Balaban J connectivity index is 2.17. The molecule has 0 aliphatic carbocycles. The number of aliphatic hydroxyl groups is 1. The fourth-order valence-corrected chi connectivity index (χ4v) is 2.49. The van der Waals surface area contributed by atoms with Gasteiger partial charge in [-0.3, -0.25) is 4.79 Å². The van der Waals surface area contributed by atoms with E-state index in [-0.39, 0.29) is 12.0 Å². The first-order valence-corrected chi connectivity index (χ1v) is 5.92. The highest BCUT2D eigenvalue weighted by atomic mass is 32.1. The summed E-state index contributed by atoms with van der Waals surface area (Å²) in [5.41, 5.74) is 0.764. The Bertz CT molecular complexity index is 410. The second-order valence-corrected chi connectivity index (χ2v) is 5.15. The number of hydrogen-bond donors (Lipinski definition) is 1. The predicted molar refractivity (Wildman–Crippen MR) is 63.1 cm³/mol. The fraction of sp³-hybridized carbons (Fsp3) is 0.600. The number of nitrogens with zero attached hydrogens (tertiary/aromatic N) is 3. The van der Waals surface area contributed by atoms with E-state index in [1.807, 2.05) is 25.9 Å². The van der Waals surface area contributed by atoms with Gasteiger partial charge >= 0.3 is 0 Å². The molecule has 1 aliphatic heterocycles. The molecule has 0 saturated carbocycles. The highest BCUT2D eigenvalue weighted by molar-refractivity contribution is 7.17. The molecule has 0 spiro atoms. The molecule has 2 rings (SSSR count). The van der Waals surface area contributed by atoms with Crippen molar-refractivity contribution in [1.29, 1.82) is 0 Å². The second-order valence-electron chi connectivity index (χ2n) is 4.17. The van der Waals surface area contributed by atoms with E-state index in [0.717, 1.165) is 10.8 Å². The summed E-state index contributed by atoms with van der Waals surface area (Å²) in [7, 11) is 3.81. The lowest BCUT2D eigenvalue weighted by molar-refractivity contribution is 0.00616. The summed E-state index contributed by atoms with van der Waals surface area (Å²) in [6, 6.07) is 0. The molecule has 88 valence electrons. The number of rotatable bonds is 2. The van der Waals surface area contributed by atoms with Crippen LogP contribution in [0.25, 0.3) is 0 Å². The van der Waals surface area contributed by atoms with Gasteiger partial charge in [0.05, 0.1) is 11.8 Å². The molecule has 1 amide bonds. The summed E-state index contributed by atoms with van der Waals surface area (Å²) in [5.74, 6) is -0.0200. The summed E-state index contributed by atoms with van der Waals surface area (Å²) >= 11 is 1.40. The summed E-state index contributed by atoms with van der Waals surface area (Å²) in [4.78, 5) is 20.5. The van der Waals surface area contributed by atoms with Crippen molar-refractivity contribution in [3.63, 3.8) is 0 Å². The minimum Gasteiger partial charge on any atom is -0.389 e. The molecule has 1 aromatic heterocycles. The number of aromatic nitrogens is 1. The van der Waals surface area contributed by atoms with Crippen molar-refractivity contribution < 1.29 is 9.90 Å². The highest BCUT2D eigenvalue weighted by Gasteiger charge is 2.31. The Hall–Kier alpha value is -1.14. The third-order valence-electron chi connectivity index (χ3n) is 2.51. The van der Waals surface area contributed by atoms with E-state index in [0.29, 0.717) is 18.0 Å². The van der Waals surface area contributed by atoms with Gasteiger partial charge in [-0.25, -0.2) is 4.98 Å². The highest BCUT2D eigenvalue weighted by Crippen LogP contribution is 2.27. The molecule has 1 aromatic rings. The molecule has 5 nitrogen and oxygen atoms in total. The Morgan fingerprint density at radius 1 is 1.56 bits per heavy atom. The van der Waals surface area contributed by atoms with Crippen LogP contribution in [0.15, 0.2) is 0 Å². The third-order valence-corrected chi connectivity index (χ3v) is 3.82. The standard InChI is InChI=1S/C10H15N3O2S/c1-6-8(16-10(11-6)12(2)3)9(15)13-4-7(14)5-13/h7,14H,4-5H2,1-3H3. The molecule has 6 heteroatoms. The summed E-state index contributed by atoms with van der Waals surface area (Å²) in [6.07, 6.45) is -0.356. The van der Waals surface area contributed by atoms with Crippen molar-refractivity contribution in [3.8, 4) is 0 Å². The van der Waals surface area contributed by atoms with E-state index >= 15 is 0 Å². The van der Waals surface area contributed by atoms with Gasteiger partial charge in [0.2, 0.25) is 0 Å². The van der Waals surface area contributed by atoms with Crippen molar-refractivity contribution >= 4 is 22.4 Å². The molecule has 1 N–H and O–H groups in total. The number of anilines is 1. The maximum Gasteiger partial charge on any atom is 0.266 e. The first-order chi connectivity index (χ1) is 7.49. The number of carbonyl (C=O) groups is 1. The smallest absolute Gasteiger partial charge is 0.266 e. The topological polar surface area (TPSA) is 56.7 Å². The normalized spacial score (nSPS) is 16.1. The van der Waals surface area contributed by atoms with Crippen molar-refractivity contribution in [1.82, 2.24) is 9.88 Å². The molecular weight excluding hydrogens is 226 g/mol. The van der Waals surface area contributed by atoms with Crippen LogP contribution in [0, 0.1) is 6.92 Å². The lowest BCUT2D eigenvalue weighted by atomic mass is 10.1. The van der Waals surface area contributed by atoms with E-state index in [9.17, 15) is 4.79 Å².